The minimum absolute atomic E-state index is 0.189. The van der Waals surface area contributed by atoms with E-state index in [9.17, 15) is 13.9 Å². The van der Waals surface area contributed by atoms with Gasteiger partial charge in [0.15, 0.2) is 5.82 Å². The molecule has 2 amide bonds. The molecule has 0 unspecified atom stereocenters. The summed E-state index contributed by atoms with van der Waals surface area (Å²) >= 11 is 0. The quantitative estimate of drug-likeness (QED) is 0.307. The molecule has 3 heterocycles. The summed E-state index contributed by atoms with van der Waals surface area (Å²) in [5.41, 5.74) is 14.3. The third kappa shape index (κ3) is 4.46. The zero-order valence-electron chi connectivity index (χ0n) is 18.2. The predicted octanol–water partition coefficient (Wildman–Crippen LogP) is 2.57. The van der Waals surface area contributed by atoms with Crippen molar-refractivity contribution >= 4 is 44.4 Å². The lowest BCUT2D eigenvalue weighted by Crippen LogP contribution is -2.55. The van der Waals surface area contributed by atoms with Gasteiger partial charge in [0.25, 0.3) is 0 Å². The molecule has 0 atom stereocenters. The molecular weight excluding hydrogens is 430 g/mol. The second-order valence-electron chi connectivity index (χ2n) is 8.20. The molecule has 4 rings (SSSR count). The number of aromatic nitrogens is 3. The van der Waals surface area contributed by atoms with Crippen LogP contribution in [0, 0.1) is 0 Å². The lowest BCUT2D eigenvalue weighted by atomic mass is 10.2. The van der Waals surface area contributed by atoms with Crippen molar-refractivity contribution in [2.75, 3.05) is 30.3 Å². The lowest BCUT2D eigenvalue weighted by Gasteiger charge is -2.50. The van der Waals surface area contributed by atoms with E-state index in [1.807, 2.05) is 31.2 Å². The summed E-state index contributed by atoms with van der Waals surface area (Å²) in [4.78, 5) is 22.7. The highest BCUT2D eigenvalue weighted by Gasteiger charge is 2.39. The highest BCUT2D eigenvalue weighted by atomic mass is 32.3. The van der Waals surface area contributed by atoms with E-state index in [-0.39, 0.29) is 17.5 Å². The summed E-state index contributed by atoms with van der Waals surface area (Å²) in [7, 11) is -2.53. The summed E-state index contributed by atoms with van der Waals surface area (Å²) in [6, 6.07) is 7.19. The first-order valence-corrected chi connectivity index (χ1v) is 12.7. The number of rotatable bonds is 9. The van der Waals surface area contributed by atoms with E-state index in [2.05, 4.69) is 14.9 Å². The standard InChI is InChI=1S/C21H31N7O3S/c1-2-24-11-17-26-18-19(15-7-3-4-8-16(15)25-20(18)22)28(17)10-6-5-9-27(21(23)29)14-12-32(30,31)13-14/h3-4,7-8,14,24,30-31H,2,5-6,9-13H2,1H3,(H2,22,25)(H2,23,29). The molecule has 3 aromatic rings. The Morgan fingerprint density at radius 3 is 2.72 bits per heavy atom. The number of unbranched alkanes of at least 4 members (excludes halogenated alkanes) is 1. The first-order valence-electron chi connectivity index (χ1n) is 10.8. The summed E-state index contributed by atoms with van der Waals surface area (Å²) < 4.78 is 21.5. The van der Waals surface area contributed by atoms with Crippen LogP contribution in [0.4, 0.5) is 10.6 Å². The largest absolute Gasteiger partial charge is 0.382 e. The number of nitrogen functional groups attached to an aromatic ring is 1. The number of nitrogens with one attached hydrogen (secondary N) is 1. The van der Waals surface area contributed by atoms with Crippen molar-refractivity contribution < 1.29 is 13.9 Å². The molecule has 1 fully saturated rings. The van der Waals surface area contributed by atoms with Crippen LogP contribution in [0.15, 0.2) is 24.3 Å². The van der Waals surface area contributed by atoms with E-state index in [0.717, 1.165) is 41.6 Å². The van der Waals surface area contributed by atoms with Gasteiger partial charge in [-0.25, -0.2) is 14.8 Å². The monoisotopic (exact) mass is 461 g/mol. The number of pyridine rings is 1. The van der Waals surface area contributed by atoms with Crippen molar-refractivity contribution in [2.45, 2.75) is 38.9 Å². The number of benzene rings is 1. The van der Waals surface area contributed by atoms with Gasteiger partial charge in [0, 0.05) is 18.5 Å². The molecule has 0 spiro atoms. The van der Waals surface area contributed by atoms with Gasteiger partial charge in [0.1, 0.15) is 11.3 Å². The molecule has 0 saturated carbocycles. The van der Waals surface area contributed by atoms with Gasteiger partial charge in [-0.1, -0.05) is 25.1 Å². The molecule has 1 aliphatic rings. The number of hydrogen-bond donors (Lipinski definition) is 5. The molecule has 10 nitrogen and oxygen atoms in total. The average Bonchev–Trinajstić information content (AvgIpc) is 3.09. The van der Waals surface area contributed by atoms with Crippen LogP contribution in [0.5, 0.6) is 0 Å². The maximum Gasteiger partial charge on any atom is 0.315 e. The molecule has 11 heteroatoms. The summed E-state index contributed by atoms with van der Waals surface area (Å²) in [5.74, 6) is 1.74. The second kappa shape index (κ2) is 9.10. The van der Waals surface area contributed by atoms with Crippen LogP contribution in [-0.2, 0) is 13.1 Å². The van der Waals surface area contributed by atoms with Crippen molar-refractivity contribution in [3.63, 3.8) is 0 Å². The maximum atomic E-state index is 11.8. The summed E-state index contributed by atoms with van der Waals surface area (Å²) in [6.45, 7) is 4.68. The Labute approximate surface area is 188 Å². The predicted molar refractivity (Wildman–Crippen MR) is 129 cm³/mol. The Morgan fingerprint density at radius 1 is 1.28 bits per heavy atom. The van der Waals surface area contributed by atoms with Gasteiger partial charge in [-0.3, -0.25) is 9.11 Å². The molecule has 1 aromatic carbocycles. The minimum atomic E-state index is -2.53. The molecule has 0 radical (unpaired) electrons. The second-order valence-corrected chi connectivity index (χ2v) is 10.5. The topological polar surface area (TPSA) is 156 Å². The fraction of sp³-hybridized carbons (Fsp3) is 0.476. The molecule has 7 N–H and O–H groups in total. The van der Waals surface area contributed by atoms with Crippen molar-refractivity contribution in [1.29, 1.82) is 0 Å². The van der Waals surface area contributed by atoms with Crippen molar-refractivity contribution in [3.8, 4) is 0 Å². The van der Waals surface area contributed by atoms with Gasteiger partial charge < -0.3 is 26.3 Å². The molecule has 2 aromatic heterocycles. The number of hydrogen-bond acceptors (Lipinski definition) is 7. The van der Waals surface area contributed by atoms with E-state index in [1.54, 1.807) is 4.90 Å². The Balaban J connectivity index is 1.54. The molecular formula is C21H31N7O3S. The number of carbonyl (C=O) groups is 1. The van der Waals surface area contributed by atoms with Gasteiger partial charge >= 0.3 is 6.03 Å². The normalized spacial score (nSPS) is 16.8. The highest BCUT2D eigenvalue weighted by molar-refractivity contribution is 8.25. The van der Waals surface area contributed by atoms with Gasteiger partial charge in [-0.05, 0) is 25.5 Å². The van der Waals surface area contributed by atoms with Crippen LogP contribution in [0.3, 0.4) is 0 Å². The number of primary amides is 1. The Bertz CT molecular complexity index is 1130. The number of aryl methyl sites for hydroxylation is 1. The fourth-order valence-corrected chi connectivity index (χ4v) is 5.78. The number of carbonyl (C=O) groups excluding carboxylic acids is 1. The maximum absolute atomic E-state index is 11.8. The highest BCUT2D eigenvalue weighted by Crippen LogP contribution is 2.50. The SMILES string of the molecule is CCNCc1nc2c(N)nc3ccccc3c2n1CCCCN(C(N)=O)C1CS(O)(O)C1. The number of nitrogens with zero attached hydrogens (tertiary/aromatic N) is 4. The molecule has 32 heavy (non-hydrogen) atoms. The molecule has 1 saturated heterocycles. The number of para-hydroxylation sites is 1. The van der Waals surface area contributed by atoms with Crippen LogP contribution in [-0.4, -0.2) is 65.2 Å². The number of urea groups is 1. The number of fused-ring (bicyclic) bond motifs is 3. The Hall–Kier alpha value is -2.60. The zero-order chi connectivity index (χ0) is 22.9. The van der Waals surface area contributed by atoms with Crippen molar-refractivity contribution in [1.82, 2.24) is 24.8 Å². The third-order valence-corrected chi connectivity index (χ3v) is 7.73. The van der Waals surface area contributed by atoms with Crippen molar-refractivity contribution in [2.24, 2.45) is 5.73 Å². The minimum Gasteiger partial charge on any atom is -0.382 e. The molecule has 1 aliphatic heterocycles. The van der Waals surface area contributed by atoms with Crippen LogP contribution in [0.25, 0.3) is 21.9 Å². The van der Waals surface area contributed by atoms with Crippen LogP contribution < -0.4 is 16.8 Å². The van der Waals surface area contributed by atoms with E-state index in [4.69, 9.17) is 16.5 Å². The smallest absolute Gasteiger partial charge is 0.315 e. The summed E-state index contributed by atoms with van der Waals surface area (Å²) in [6.07, 6.45) is 1.53. The van der Waals surface area contributed by atoms with Gasteiger partial charge in [-0.15, -0.1) is 0 Å². The molecule has 174 valence electrons. The first-order chi connectivity index (χ1) is 15.3. The molecule has 0 aliphatic carbocycles. The zero-order valence-corrected chi connectivity index (χ0v) is 19.0. The van der Waals surface area contributed by atoms with Gasteiger partial charge in [0.2, 0.25) is 0 Å². The number of amides is 2. The number of anilines is 1. The Morgan fingerprint density at radius 2 is 2.03 bits per heavy atom. The average molecular weight is 462 g/mol. The van der Waals surface area contributed by atoms with Gasteiger partial charge in [0.05, 0.1) is 35.1 Å². The van der Waals surface area contributed by atoms with E-state index in [0.29, 0.717) is 31.0 Å². The van der Waals surface area contributed by atoms with E-state index >= 15 is 0 Å². The summed E-state index contributed by atoms with van der Waals surface area (Å²) in [5, 5.41) is 4.34. The fourth-order valence-electron chi connectivity index (χ4n) is 4.29. The van der Waals surface area contributed by atoms with E-state index < -0.39 is 16.6 Å². The Kier molecular flexibility index (Phi) is 6.42. The molecule has 0 bridgehead atoms. The van der Waals surface area contributed by atoms with Gasteiger partial charge in [-0.2, -0.15) is 10.6 Å². The number of nitrogens with two attached hydrogens (primary N) is 2. The third-order valence-electron chi connectivity index (χ3n) is 5.90. The lowest BCUT2D eigenvalue weighted by molar-refractivity contribution is 0.185. The van der Waals surface area contributed by atoms with Crippen LogP contribution in [0.1, 0.15) is 25.6 Å². The van der Waals surface area contributed by atoms with Crippen molar-refractivity contribution in [3.05, 3.63) is 30.1 Å². The van der Waals surface area contributed by atoms with Crippen LogP contribution >= 0.6 is 10.6 Å². The van der Waals surface area contributed by atoms with Crippen LogP contribution in [0.2, 0.25) is 0 Å². The van der Waals surface area contributed by atoms with E-state index in [1.165, 1.54) is 0 Å². The first kappa shape index (κ1) is 22.6. The number of imidazole rings is 1.